The Morgan fingerprint density at radius 1 is 0.804 bits per heavy atom. The summed E-state index contributed by atoms with van der Waals surface area (Å²) in [7, 11) is 0. The number of benzene rings is 4. The Labute approximate surface area is 304 Å². The van der Waals surface area contributed by atoms with Crippen molar-refractivity contribution < 1.29 is 0 Å². The summed E-state index contributed by atoms with van der Waals surface area (Å²) in [5.74, 6) is 1.25. The lowest BCUT2D eigenvalue weighted by atomic mass is 9.68. The van der Waals surface area contributed by atoms with Crippen LogP contribution in [0.2, 0.25) is 0 Å². The van der Waals surface area contributed by atoms with Crippen LogP contribution in [0.5, 0.6) is 0 Å². The van der Waals surface area contributed by atoms with Crippen molar-refractivity contribution in [2.45, 2.75) is 51.4 Å². The van der Waals surface area contributed by atoms with E-state index < -0.39 is 0 Å². The minimum absolute atomic E-state index is 0.0678. The van der Waals surface area contributed by atoms with E-state index in [1.165, 1.54) is 64.7 Å². The average Bonchev–Trinajstić information content (AvgIpc) is 3.55. The fraction of sp³-hybridized carbons (Fsp3) is 0.191. The molecule has 1 aromatic heterocycles. The number of rotatable bonds is 5. The van der Waals surface area contributed by atoms with Gasteiger partial charge in [-0.05, 0) is 93.3 Å². The fourth-order valence-electron chi connectivity index (χ4n) is 8.42. The van der Waals surface area contributed by atoms with Crippen molar-refractivity contribution in [2.24, 2.45) is 21.6 Å². The first-order valence-electron chi connectivity index (χ1n) is 18.1. The highest BCUT2D eigenvalue weighted by molar-refractivity contribution is 7.20. The van der Waals surface area contributed by atoms with Gasteiger partial charge in [-0.2, -0.15) is 0 Å². The molecule has 0 amide bonds. The van der Waals surface area contributed by atoms with Crippen LogP contribution in [0.3, 0.4) is 0 Å². The molecule has 2 N–H and O–H groups in total. The van der Waals surface area contributed by atoms with Crippen molar-refractivity contribution >= 4 is 49.9 Å². The van der Waals surface area contributed by atoms with Gasteiger partial charge >= 0.3 is 0 Å². The molecule has 0 saturated carbocycles. The van der Waals surface area contributed by atoms with Gasteiger partial charge in [0.15, 0.2) is 5.84 Å². The first-order valence-corrected chi connectivity index (χ1v) is 18.9. The summed E-state index contributed by atoms with van der Waals surface area (Å²) in [5.41, 5.74) is 18.8. The highest BCUT2D eigenvalue weighted by atomic mass is 32.1. The molecule has 0 aliphatic heterocycles. The van der Waals surface area contributed by atoms with E-state index in [1.54, 1.807) is 0 Å². The molecule has 4 aliphatic rings. The molecular formula is C47H41N3S. The molecule has 250 valence electrons. The third-order valence-corrected chi connectivity index (χ3v) is 12.4. The van der Waals surface area contributed by atoms with Crippen LogP contribution >= 0.6 is 11.3 Å². The number of amidine groups is 2. The number of aliphatic imine (C=N–C) groups is 2. The Morgan fingerprint density at radius 3 is 2.45 bits per heavy atom. The van der Waals surface area contributed by atoms with E-state index in [2.05, 4.69) is 142 Å². The predicted octanol–water partition coefficient (Wildman–Crippen LogP) is 12.0. The summed E-state index contributed by atoms with van der Waals surface area (Å²) >= 11 is 1.90. The molecule has 0 fully saturated rings. The normalized spacial score (nSPS) is 19.1. The molecule has 0 bridgehead atoms. The zero-order chi connectivity index (χ0) is 34.7. The zero-order valence-electron chi connectivity index (χ0n) is 29.2. The highest BCUT2D eigenvalue weighted by Gasteiger charge is 2.33. The quantitative estimate of drug-likeness (QED) is 0.146. The number of hydrogen-bond donors (Lipinski definition) is 1. The Morgan fingerprint density at radius 2 is 1.61 bits per heavy atom. The van der Waals surface area contributed by atoms with Gasteiger partial charge in [0.25, 0.3) is 0 Å². The topological polar surface area (TPSA) is 50.7 Å². The van der Waals surface area contributed by atoms with E-state index >= 15 is 0 Å². The van der Waals surface area contributed by atoms with Gasteiger partial charge in [-0.25, -0.2) is 9.98 Å². The summed E-state index contributed by atoms with van der Waals surface area (Å²) in [6.07, 6.45) is 22.1. The van der Waals surface area contributed by atoms with E-state index in [9.17, 15) is 0 Å². The third kappa shape index (κ3) is 5.32. The number of allylic oxidation sites excluding steroid dienone is 6. The first kappa shape index (κ1) is 31.6. The van der Waals surface area contributed by atoms with E-state index in [0.29, 0.717) is 11.7 Å². The van der Waals surface area contributed by atoms with Gasteiger partial charge in [0.1, 0.15) is 5.84 Å². The van der Waals surface area contributed by atoms with Gasteiger partial charge in [-0.3, -0.25) is 0 Å². The Bertz CT molecular complexity index is 2510. The molecule has 0 radical (unpaired) electrons. The van der Waals surface area contributed by atoms with Gasteiger partial charge in [0.05, 0.1) is 0 Å². The maximum atomic E-state index is 6.55. The second kappa shape index (κ2) is 12.5. The molecule has 1 heterocycles. The molecular weight excluding hydrogens is 639 g/mol. The standard InChI is InChI=1S/C47H41N3S/c1-29(49-46(31-16-8-5-9-17-31)50-45(48)30-14-6-4-7-15-30)32-24-27-42-39(28-32)38-21-12-20-37(44(38)51-42)33-25-26-36-34-18-10-11-22-40(34)47(2,3)41-23-13-19-35(33)43(36)41/h4,6,8,10-14,16-27,32H,1,5,7,9,15,28H2,2-3H3,(H2,48,49,50). The van der Waals surface area contributed by atoms with E-state index in [-0.39, 0.29) is 11.3 Å². The third-order valence-electron chi connectivity index (χ3n) is 11.1. The van der Waals surface area contributed by atoms with E-state index in [4.69, 9.17) is 15.7 Å². The van der Waals surface area contributed by atoms with Crippen LogP contribution in [0.25, 0.3) is 49.2 Å². The molecule has 51 heavy (non-hydrogen) atoms. The van der Waals surface area contributed by atoms with Crippen LogP contribution in [0.1, 0.15) is 61.1 Å². The number of fused-ring (bicyclic) bond motifs is 5. The number of hydrogen-bond acceptors (Lipinski definition) is 2. The maximum absolute atomic E-state index is 6.55. The second-order valence-electron chi connectivity index (χ2n) is 14.6. The Kier molecular flexibility index (Phi) is 7.74. The number of nitrogens with two attached hydrogens (primary N) is 1. The fourth-order valence-corrected chi connectivity index (χ4v) is 9.69. The lowest BCUT2D eigenvalue weighted by Gasteiger charge is -2.35. The van der Waals surface area contributed by atoms with Crippen molar-refractivity contribution in [3.05, 3.63) is 160 Å². The van der Waals surface area contributed by atoms with Crippen molar-refractivity contribution in [1.29, 1.82) is 0 Å². The summed E-state index contributed by atoms with van der Waals surface area (Å²) in [4.78, 5) is 11.3. The van der Waals surface area contributed by atoms with Crippen LogP contribution in [0.4, 0.5) is 0 Å². The molecule has 9 rings (SSSR count). The van der Waals surface area contributed by atoms with E-state index in [0.717, 1.165) is 48.9 Å². The molecule has 3 nitrogen and oxygen atoms in total. The van der Waals surface area contributed by atoms with Crippen molar-refractivity contribution in [3.63, 3.8) is 0 Å². The van der Waals surface area contributed by atoms with Gasteiger partial charge < -0.3 is 5.73 Å². The van der Waals surface area contributed by atoms with Crippen molar-refractivity contribution in [2.75, 3.05) is 0 Å². The minimum Gasteiger partial charge on any atom is -0.383 e. The number of nitrogens with zero attached hydrogens (tertiary/aromatic N) is 2. The average molecular weight is 680 g/mol. The summed E-state index contributed by atoms with van der Waals surface area (Å²) in [6.45, 7) is 9.23. The molecule has 4 heteroatoms. The van der Waals surface area contributed by atoms with Crippen LogP contribution in [0, 0.1) is 5.92 Å². The van der Waals surface area contributed by atoms with E-state index in [1.807, 2.05) is 11.3 Å². The monoisotopic (exact) mass is 679 g/mol. The Balaban J connectivity index is 1.09. The second-order valence-corrected chi connectivity index (χ2v) is 15.6. The first-order chi connectivity index (χ1) is 24.9. The highest BCUT2D eigenvalue weighted by Crippen LogP contribution is 2.51. The van der Waals surface area contributed by atoms with Crippen molar-refractivity contribution in [1.82, 2.24) is 0 Å². The summed E-state index contributed by atoms with van der Waals surface area (Å²) in [6, 6.07) is 27.3. The number of thiophene rings is 1. The summed E-state index contributed by atoms with van der Waals surface area (Å²) < 4.78 is 1.34. The van der Waals surface area contributed by atoms with Gasteiger partial charge in [-0.15, -0.1) is 11.3 Å². The van der Waals surface area contributed by atoms with Gasteiger partial charge in [0.2, 0.25) is 0 Å². The van der Waals surface area contributed by atoms with Gasteiger partial charge in [0, 0.05) is 37.7 Å². The molecule has 4 aliphatic carbocycles. The van der Waals surface area contributed by atoms with Gasteiger partial charge in [-0.1, -0.05) is 136 Å². The maximum Gasteiger partial charge on any atom is 0.161 e. The largest absolute Gasteiger partial charge is 0.383 e. The molecule has 4 aromatic carbocycles. The van der Waals surface area contributed by atoms with Crippen LogP contribution < -0.4 is 5.73 Å². The van der Waals surface area contributed by atoms with Crippen molar-refractivity contribution in [3.8, 4) is 22.3 Å². The summed E-state index contributed by atoms with van der Waals surface area (Å²) in [5, 5.41) is 4.02. The molecule has 0 saturated heterocycles. The predicted molar refractivity (Wildman–Crippen MR) is 220 cm³/mol. The molecule has 5 aromatic rings. The van der Waals surface area contributed by atoms with Crippen LogP contribution in [-0.4, -0.2) is 11.7 Å². The van der Waals surface area contributed by atoms with Crippen LogP contribution in [0.15, 0.2) is 149 Å². The Hall–Kier alpha value is -5.32. The zero-order valence-corrected chi connectivity index (χ0v) is 30.1. The minimum atomic E-state index is -0.0777. The smallest absolute Gasteiger partial charge is 0.161 e. The SMILES string of the molecule is C=C(N=C(N=C(N)C1=CC=CCC1)C1=CCCC=C1)C1C=Cc2sc3c(-c4ccc5c6c(cccc46)C(C)(C)c4ccccc4-5)cccc3c2C1. The molecule has 1 atom stereocenters. The lowest BCUT2D eigenvalue weighted by molar-refractivity contribution is 0.645. The van der Waals surface area contributed by atoms with Crippen LogP contribution in [-0.2, 0) is 11.8 Å². The lowest BCUT2D eigenvalue weighted by Crippen LogP contribution is -2.23. The molecule has 1 unspecified atom stereocenters. The molecule has 0 spiro atoms.